The van der Waals surface area contributed by atoms with Gasteiger partial charge in [0.2, 0.25) is 0 Å². The second-order valence-corrected chi connectivity index (χ2v) is 5.19. The number of nitrogens with one attached hydrogen (secondary N) is 2. The zero-order valence-electron chi connectivity index (χ0n) is 11.9. The van der Waals surface area contributed by atoms with E-state index in [4.69, 9.17) is 17.0 Å². The van der Waals surface area contributed by atoms with Gasteiger partial charge in [0.15, 0.2) is 5.11 Å². The van der Waals surface area contributed by atoms with Crippen LogP contribution in [0.1, 0.15) is 12.6 Å². The summed E-state index contributed by atoms with van der Waals surface area (Å²) in [5.74, 6) is 0. The van der Waals surface area contributed by atoms with E-state index in [-0.39, 0.29) is 6.04 Å². The first kappa shape index (κ1) is 14.7. The highest BCUT2D eigenvalue weighted by atomic mass is 32.1. The Balaban J connectivity index is 2.17. The van der Waals surface area contributed by atoms with E-state index >= 15 is 0 Å². The van der Waals surface area contributed by atoms with E-state index in [0.717, 1.165) is 22.3 Å². The fourth-order valence-electron chi connectivity index (χ4n) is 2.02. The topological polar surface area (TPSA) is 46.2 Å². The maximum Gasteiger partial charge on any atom is 0.171 e. The highest BCUT2D eigenvalue weighted by Gasteiger charge is 2.07. The molecule has 1 heterocycles. The molecule has 0 radical (unpaired) electrons. The number of nitrogens with zero attached hydrogens (tertiary/aromatic N) is 1. The van der Waals surface area contributed by atoms with Crippen LogP contribution in [0, 0.1) is 6.92 Å². The van der Waals surface area contributed by atoms with Crippen molar-refractivity contribution in [3.05, 3.63) is 36.0 Å². The van der Waals surface area contributed by atoms with E-state index in [1.54, 1.807) is 7.11 Å². The van der Waals surface area contributed by atoms with Crippen molar-refractivity contribution in [2.45, 2.75) is 19.9 Å². The van der Waals surface area contributed by atoms with Crippen molar-refractivity contribution >= 4 is 33.9 Å². The van der Waals surface area contributed by atoms with Crippen LogP contribution < -0.4 is 10.6 Å². The smallest absolute Gasteiger partial charge is 0.171 e. The molecule has 0 saturated carbocycles. The Morgan fingerprint density at radius 3 is 2.90 bits per heavy atom. The molecular weight excluding hydrogens is 270 g/mol. The number of aryl methyl sites for hydroxylation is 1. The van der Waals surface area contributed by atoms with Crippen molar-refractivity contribution in [2.75, 3.05) is 19.0 Å². The zero-order valence-corrected chi connectivity index (χ0v) is 12.8. The van der Waals surface area contributed by atoms with Crippen LogP contribution in [-0.4, -0.2) is 29.9 Å². The predicted molar refractivity (Wildman–Crippen MR) is 87.2 cm³/mol. The lowest BCUT2D eigenvalue weighted by molar-refractivity contribution is 0.179. The Bertz CT molecular complexity index is 615. The van der Waals surface area contributed by atoms with Crippen LogP contribution in [0.5, 0.6) is 0 Å². The standard InChI is InChI=1S/C15H19N3OS/c1-10-7-8-12-5-4-6-13(14(12)16-10)18-15(20)17-11(2)9-19-3/h4-8,11H,9H2,1-3H3,(H2,17,18,20). The predicted octanol–water partition coefficient (Wildman–Crippen LogP) is 2.86. The van der Waals surface area contributed by atoms with E-state index < -0.39 is 0 Å². The maximum absolute atomic E-state index is 5.32. The summed E-state index contributed by atoms with van der Waals surface area (Å²) in [6.45, 7) is 4.60. The fourth-order valence-corrected chi connectivity index (χ4v) is 2.33. The summed E-state index contributed by atoms with van der Waals surface area (Å²) < 4.78 is 5.08. The number of hydrogen-bond donors (Lipinski definition) is 2. The molecule has 2 N–H and O–H groups in total. The Labute approximate surface area is 124 Å². The second-order valence-electron chi connectivity index (χ2n) is 4.78. The summed E-state index contributed by atoms with van der Waals surface area (Å²) in [6.07, 6.45) is 0. The van der Waals surface area contributed by atoms with Gasteiger partial charge in [0.25, 0.3) is 0 Å². The lowest BCUT2D eigenvalue weighted by Crippen LogP contribution is -2.38. The Morgan fingerprint density at radius 2 is 2.15 bits per heavy atom. The summed E-state index contributed by atoms with van der Waals surface area (Å²) in [5.41, 5.74) is 2.82. The lowest BCUT2D eigenvalue weighted by atomic mass is 10.2. The van der Waals surface area contributed by atoms with E-state index in [1.807, 2.05) is 38.1 Å². The van der Waals surface area contributed by atoms with Gasteiger partial charge in [-0.25, -0.2) is 0 Å². The third-order valence-electron chi connectivity index (χ3n) is 2.90. The number of pyridine rings is 1. The molecule has 0 saturated heterocycles. The van der Waals surface area contributed by atoms with Crippen LogP contribution in [-0.2, 0) is 4.74 Å². The van der Waals surface area contributed by atoms with E-state index in [9.17, 15) is 0 Å². The minimum atomic E-state index is 0.157. The average molecular weight is 289 g/mol. The molecule has 1 atom stereocenters. The molecule has 4 nitrogen and oxygen atoms in total. The Hall–Kier alpha value is -1.72. The molecule has 0 fully saturated rings. The molecule has 20 heavy (non-hydrogen) atoms. The van der Waals surface area contributed by atoms with Crippen LogP contribution in [0.15, 0.2) is 30.3 Å². The van der Waals surface area contributed by atoms with Crippen LogP contribution in [0.2, 0.25) is 0 Å². The molecule has 0 aliphatic carbocycles. The first-order valence-corrected chi connectivity index (χ1v) is 6.94. The monoisotopic (exact) mass is 289 g/mol. The third kappa shape index (κ3) is 3.65. The number of fused-ring (bicyclic) bond motifs is 1. The molecule has 2 aromatic rings. The minimum Gasteiger partial charge on any atom is -0.383 e. The fraction of sp³-hybridized carbons (Fsp3) is 0.333. The normalized spacial score (nSPS) is 12.2. The number of para-hydroxylation sites is 1. The number of aromatic nitrogens is 1. The third-order valence-corrected chi connectivity index (χ3v) is 3.12. The lowest BCUT2D eigenvalue weighted by Gasteiger charge is -2.17. The molecule has 0 spiro atoms. The number of hydrogen-bond acceptors (Lipinski definition) is 3. The van der Waals surface area contributed by atoms with Gasteiger partial charge in [0, 0.05) is 24.2 Å². The van der Waals surface area contributed by atoms with Gasteiger partial charge in [0.1, 0.15) is 0 Å². The molecule has 0 aliphatic heterocycles. The number of anilines is 1. The Morgan fingerprint density at radius 1 is 1.35 bits per heavy atom. The summed E-state index contributed by atoms with van der Waals surface area (Å²) in [7, 11) is 1.67. The SMILES string of the molecule is COCC(C)NC(=S)Nc1cccc2ccc(C)nc12. The molecule has 0 bridgehead atoms. The first-order valence-electron chi connectivity index (χ1n) is 6.53. The molecular formula is C15H19N3OS. The van der Waals surface area contributed by atoms with Crippen LogP contribution in [0.4, 0.5) is 5.69 Å². The first-order chi connectivity index (χ1) is 9.60. The molecule has 5 heteroatoms. The molecule has 1 unspecified atom stereocenters. The minimum absolute atomic E-state index is 0.157. The molecule has 1 aromatic heterocycles. The summed E-state index contributed by atoms with van der Waals surface area (Å²) >= 11 is 5.32. The maximum atomic E-state index is 5.32. The molecule has 0 amide bonds. The van der Waals surface area contributed by atoms with Crippen molar-refractivity contribution < 1.29 is 4.74 Å². The van der Waals surface area contributed by atoms with Gasteiger partial charge in [-0.15, -0.1) is 0 Å². The molecule has 2 rings (SSSR count). The van der Waals surface area contributed by atoms with E-state index in [0.29, 0.717) is 11.7 Å². The van der Waals surface area contributed by atoms with E-state index in [1.165, 1.54) is 0 Å². The average Bonchev–Trinajstić information content (AvgIpc) is 2.39. The number of rotatable bonds is 4. The van der Waals surface area contributed by atoms with Gasteiger partial charge in [-0.2, -0.15) is 0 Å². The largest absolute Gasteiger partial charge is 0.383 e. The van der Waals surface area contributed by atoms with Crippen molar-refractivity contribution in [3.63, 3.8) is 0 Å². The summed E-state index contributed by atoms with van der Waals surface area (Å²) in [5, 5.41) is 8.05. The number of benzene rings is 1. The van der Waals surface area contributed by atoms with E-state index in [2.05, 4.69) is 21.7 Å². The van der Waals surface area contributed by atoms with Crippen LogP contribution in [0.3, 0.4) is 0 Å². The van der Waals surface area contributed by atoms with Crippen molar-refractivity contribution in [1.29, 1.82) is 0 Å². The van der Waals surface area contributed by atoms with Gasteiger partial charge in [0.05, 0.1) is 17.8 Å². The summed E-state index contributed by atoms with van der Waals surface area (Å²) in [6, 6.07) is 10.2. The molecule has 0 aliphatic rings. The quantitative estimate of drug-likeness (QED) is 0.848. The number of methoxy groups -OCH3 is 1. The van der Waals surface area contributed by atoms with Crippen LogP contribution in [0.25, 0.3) is 10.9 Å². The number of ether oxygens (including phenoxy) is 1. The van der Waals surface area contributed by atoms with Crippen molar-refractivity contribution in [3.8, 4) is 0 Å². The van der Waals surface area contributed by atoms with Gasteiger partial charge in [-0.1, -0.05) is 18.2 Å². The van der Waals surface area contributed by atoms with Gasteiger partial charge in [-0.3, -0.25) is 4.98 Å². The van der Waals surface area contributed by atoms with Crippen LogP contribution >= 0.6 is 12.2 Å². The Kier molecular flexibility index (Phi) is 4.87. The second kappa shape index (κ2) is 6.63. The van der Waals surface area contributed by atoms with Gasteiger partial charge in [-0.05, 0) is 38.2 Å². The van der Waals surface area contributed by atoms with Crippen molar-refractivity contribution in [2.24, 2.45) is 0 Å². The highest BCUT2D eigenvalue weighted by Crippen LogP contribution is 2.21. The summed E-state index contributed by atoms with van der Waals surface area (Å²) in [4.78, 5) is 4.57. The molecule has 1 aromatic carbocycles. The van der Waals surface area contributed by atoms with Gasteiger partial charge < -0.3 is 15.4 Å². The van der Waals surface area contributed by atoms with Crippen molar-refractivity contribution in [1.82, 2.24) is 10.3 Å². The molecule has 106 valence electrons. The number of thiocarbonyl (C=S) groups is 1. The van der Waals surface area contributed by atoms with Gasteiger partial charge >= 0.3 is 0 Å². The zero-order chi connectivity index (χ0) is 14.5. The highest BCUT2D eigenvalue weighted by molar-refractivity contribution is 7.80.